The van der Waals surface area contributed by atoms with Crippen molar-refractivity contribution >= 4 is 28.1 Å². The van der Waals surface area contributed by atoms with E-state index in [1.54, 1.807) is 4.90 Å². The first kappa shape index (κ1) is 21.5. The number of carbonyl (C=O) groups excluding carboxylic acids is 1. The molecule has 1 amide bonds. The van der Waals surface area contributed by atoms with Crippen molar-refractivity contribution in [3.8, 4) is 0 Å². The number of pyridine rings is 1. The predicted octanol–water partition coefficient (Wildman–Crippen LogP) is 5.82. The van der Waals surface area contributed by atoms with Crippen molar-refractivity contribution in [2.75, 3.05) is 24.5 Å². The van der Waals surface area contributed by atoms with E-state index < -0.39 is 5.60 Å². The fourth-order valence-electron chi connectivity index (χ4n) is 4.73. The average molecular weight is 442 g/mol. The minimum atomic E-state index is -0.482. The molecule has 0 atom stereocenters. The highest BCUT2D eigenvalue weighted by Crippen LogP contribution is 2.36. The number of amides is 1. The van der Waals surface area contributed by atoms with E-state index in [4.69, 9.17) is 9.72 Å². The van der Waals surface area contributed by atoms with Gasteiger partial charge >= 0.3 is 6.09 Å². The van der Waals surface area contributed by atoms with Crippen LogP contribution in [0.3, 0.4) is 0 Å². The SMILES string of the molecule is CC(C)(C)OC(=O)N1CC=C(c2nccc3cc4c(cc23)N(Cc2ccccc2)CC4)CC1. The Morgan fingerprint density at radius 2 is 1.88 bits per heavy atom. The molecule has 2 aliphatic heterocycles. The summed E-state index contributed by atoms with van der Waals surface area (Å²) in [6.07, 6.45) is 5.63. The van der Waals surface area contributed by atoms with Gasteiger partial charge in [-0.1, -0.05) is 36.4 Å². The van der Waals surface area contributed by atoms with Crippen molar-refractivity contribution in [1.82, 2.24) is 9.88 Å². The van der Waals surface area contributed by atoms with Gasteiger partial charge in [-0.2, -0.15) is 0 Å². The van der Waals surface area contributed by atoms with Crippen LogP contribution in [0.5, 0.6) is 0 Å². The summed E-state index contributed by atoms with van der Waals surface area (Å²) in [5.41, 5.74) is 5.80. The van der Waals surface area contributed by atoms with Gasteiger partial charge in [-0.3, -0.25) is 4.98 Å². The molecule has 2 aliphatic rings. The Morgan fingerprint density at radius 3 is 2.61 bits per heavy atom. The van der Waals surface area contributed by atoms with E-state index in [0.29, 0.717) is 13.1 Å². The maximum Gasteiger partial charge on any atom is 0.410 e. The Morgan fingerprint density at radius 1 is 1.06 bits per heavy atom. The number of carbonyl (C=O) groups is 1. The minimum absolute atomic E-state index is 0.252. The molecule has 2 aromatic carbocycles. The second-order valence-corrected chi connectivity index (χ2v) is 9.92. The molecule has 3 heterocycles. The van der Waals surface area contributed by atoms with Crippen LogP contribution in [-0.2, 0) is 17.7 Å². The van der Waals surface area contributed by atoms with Crippen LogP contribution in [0, 0.1) is 0 Å². The number of aromatic nitrogens is 1. The molecule has 0 saturated heterocycles. The van der Waals surface area contributed by atoms with E-state index in [1.807, 2.05) is 27.0 Å². The Balaban J connectivity index is 1.42. The summed E-state index contributed by atoms with van der Waals surface area (Å²) in [7, 11) is 0. The largest absolute Gasteiger partial charge is 0.444 e. The average Bonchev–Trinajstić information content (AvgIpc) is 3.18. The summed E-state index contributed by atoms with van der Waals surface area (Å²) in [4.78, 5) is 21.4. The molecular weight excluding hydrogens is 410 g/mol. The third kappa shape index (κ3) is 4.58. The van der Waals surface area contributed by atoms with E-state index >= 15 is 0 Å². The summed E-state index contributed by atoms with van der Waals surface area (Å²) in [5.74, 6) is 0. The van der Waals surface area contributed by atoms with Gasteiger partial charge in [-0.25, -0.2) is 4.79 Å². The number of benzene rings is 2. The van der Waals surface area contributed by atoms with E-state index in [0.717, 1.165) is 31.6 Å². The van der Waals surface area contributed by atoms with Gasteiger partial charge < -0.3 is 14.5 Å². The highest BCUT2D eigenvalue weighted by atomic mass is 16.6. The van der Waals surface area contributed by atoms with E-state index in [9.17, 15) is 4.79 Å². The number of anilines is 1. The van der Waals surface area contributed by atoms with E-state index in [2.05, 4.69) is 59.5 Å². The van der Waals surface area contributed by atoms with Crippen molar-refractivity contribution in [1.29, 1.82) is 0 Å². The topological polar surface area (TPSA) is 45.7 Å². The lowest BCUT2D eigenvalue weighted by Crippen LogP contribution is -2.39. The van der Waals surface area contributed by atoms with Crippen LogP contribution in [0.2, 0.25) is 0 Å². The molecule has 0 aliphatic carbocycles. The molecule has 3 aromatic rings. The third-order valence-corrected chi connectivity index (χ3v) is 6.34. The number of nitrogens with zero attached hydrogens (tertiary/aromatic N) is 3. The maximum atomic E-state index is 12.4. The number of ether oxygens (including phenoxy) is 1. The molecule has 5 heteroatoms. The monoisotopic (exact) mass is 441 g/mol. The molecule has 5 nitrogen and oxygen atoms in total. The second-order valence-electron chi connectivity index (χ2n) is 9.92. The van der Waals surface area contributed by atoms with Crippen LogP contribution < -0.4 is 4.90 Å². The number of fused-ring (bicyclic) bond motifs is 2. The number of hydrogen-bond donors (Lipinski definition) is 0. The Hall–Kier alpha value is -3.34. The van der Waals surface area contributed by atoms with Gasteiger partial charge in [0.2, 0.25) is 0 Å². The molecule has 0 unspecified atom stereocenters. The molecule has 0 saturated carbocycles. The summed E-state index contributed by atoms with van der Waals surface area (Å²) in [5, 5.41) is 2.42. The van der Waals surface area contributed by atoms with Crippen LogP contribution in [0.1, 0.15) is 44.0 Å². The first-order chi connectivity index (χ1) is 15.9. The Labute approximate surface area is 195 Å². The van der Waals surface area contributed by atoms with Crippen LogP contribution in [0.25, 0.3) is 16.3 Å². The lowest BCUT2D eigenvalue weighted by molar-refractivity contribution is 0.0270. The molecule has 1 aromatic heterocycles. The van der Waals surface area contributed by atoms with Gasteiger partial charge in [-0.15, -0.1) is 0 Å². The Kier molecular flexibility index (Phi) is 5.57. The standard InChI is InChI=1S/C28H31N3O2/c1-28(2,3)33-27(32)30-14-10-21(11-15-30)26-24-18-25-23(17-22(24)9-13-29-26)12-16-31(25)19-20-7-5-4-6-8-20/h4-10,13,17-18H,11-12,14-16,19H2,1-3H3. The summed E-state index contributed by atoms with van der Waals surface area (Å²) < 4.78 is 5.54. The fraction of sp³-hybridized carbons (Fsp3) is 0.357. The van der Waals surface area contributed by atoms with Crippen molar-refractivity contribution in [3.63, 3.8) is 0 Å². The summed E-state index contributed by atoms with van der Waals surface area (Å²) >= 11 is 0. The lowest BCUT2D eigenvalue weighted by Gasteiger charge is -2.29. The maximum absolute atomic E-state index is 12.4. The van der Waals surface area contributed by atoms with Gasteiger partial charge in [0.25, 0.3) is 0 Å². The zero-order valence-corrected chi connectivity index (χ0v) is 19.7. The lowest BCUT2D eigenvalue weighted by atomic mass is 9.97. The van der Waals surface area contributed by atoms with Crippen molar-refractivity contribution in [2.24, 2.45) is 0 Å². The molecule has 0 radical (unpaired) electrons. The quantitative estimate of drug-likeness (QED) is 0.514. The highest BCUT2D eigenvalue weighted by Gasteiger charge is 2.25. The van der Waals surface area contributed by atoms with E-state index in [-0.39, 0.29) is 6.09 Å². The highest BCUT2D eigenvalue weighted by molar-refractivity contribution is 5.96. The van der Waals surface area contributed by atoms with Crippen molar-refractivity contribution in [3.05, 3.63) is 77.6 Å². The first-order valence-electron chi connectivity index (χ1n) is 11.8. The fourth-order valence-corrected chi connectivity index (χ4v) is 4.73. The predicted molar refractivity (Wildman–Crippen MR) is 133 cm³/mol. The van der Waals surface area contributed by atoms with Crippen molar-refractivity contribution < 1.29 is 9.53 Å². The zero-order chi connectivity index (χ0) is 23.0. The van der Waals surface area contributed by atoms with Gasteiger partial charge in [-0.05, 0) is 73.9 Å². The van der Waals surface area contributed by atoms with Crippen LogP contribution >= 0.6 is 0 Å². The molecule has 5 rings (SSSR count). The summed E-state index contributed by atoms with van der Waals surface area (Å²) in [6.45, 7) is 8.84. The molecule has 0 spiro atoms. The third-order valence-electron chi connectivity index (χ3n) is 6.34. The van der Waals surface area contributed by atoms with Crippen LogP contribution in [0.4, 0.5) is 10.5 Å². The summed E-state index contributed by atoms with van der Waals surface area (Å²) in [6, 6.07) is 17.4. The minimum Gasteiger partial charge on any atom is -0.444 e. The number of rotatable bonds is 3. The molecule has 0 bridgehead atoms. The Bertz CT molecular complexity index is 1210. The van der Waals surface area contributed by atoms with Gasteiger partial charge in [0, 0.05) is 43.4 Å². The molecular formula is C28H31N3O2. The van der Waals surface area contributed by atoms with E-state index in [1.165, 1.54) is 33.2 Å². The molecule has 33 heavy (non-hydrogen) atoms. The molecule has 0 fully saturated rings. The van der Waals surface area contributed by atoms with Gasteiger partial charge in [0.1, 0.15) is 5.60 Å². The molecule has 170 valence electrons. The van der Waals surface area contributed by atoms with Gasteiger partial charge in [0.05, 0.1) is 5.69 Å². The van der Waals surface area contributed by atoms with Crippen LogP contribution in [-0.4, -0.2) is 41.2 Å². The number of hydrogen-bond acceptors (Lipinski definition) is 4. The second kappa shape index (κ2) is 8.54. The normalized spacial score (nSPS) is 16.0. The molecule has 0 N–H and O–H groups in total. The first-order valence-corrected chi connectivity index (χ1v) is 11.8. The zero-order valence-electron chi connectivity index (χ0n) is 19.7. The van der Waals surface area contributed by atoms with Crippen molar-refractivity contribution in [2.45, 2.75) is 45.8 Å². The van der Waals surface area contributed by atoms with Crippen LogP contribution in [0.15, 0.2) is 60.8 Å². The smallest absolute Gasteiger partial charge is 0.410 e. The van der Waals surface area contributed by atoms with Gasteiger partial charge in [0.15, 0.2) is 0 Å².